The highest BCUT2D eigenvalue weighted by molar-refractivity contribution is 5.85. The molecular formula is C19H26N4O. The van der Waals surface area contributed by atoms with E-state index in [1.165, 1.54) is 10.9 Å². The van der Waals surface area contributed by atoms with Crippen molar-refractivity contribution in [2.75, 3.05) is 19.6 Å². The average Bonchev–Trinajstić information content (AvgIpc) is 2.58. The quantitative estimate of drug-likeness (QED) is 0.880. The van der Waals surface area contributed by atoms with E-state index in [2.05, 4.69) is 35.0 Å². The van der Waals surface area contributed by atoms with Gasteiger partial charge in [0.15, 0.2) is 0 Å². The van der Waals surface area contributed by atoms with E-state index in [-0.39, 0.29) is 5.91 Å². The summed E-state index contributed by atoms with van der Waals surface area (Å²) in [4.78, 5) is 18.0. The van der Waals surface area contributed by atoms with E-state index in [4.69, 9.17) is 11.5 Å². The number of carbonyl (C=O) groups is 1. The molecule has 0 bridgehead atoms. The summed E-state index contributed by atoms with van der Waals surface area (Å²) in [5.41, 5.74) is 14.6. The van der Waals surface area contributed by atoms with Crippen LogP contribution in [-0.2, 0) is 11.3 Å². The van der Waals surface area contributed by atoms with Crippen molar-refractivity contribution in [3.05, 3.63) is 41.6 Å². The Kier molecular flexibility index (Phi) is 5.11. The van der Waals surface area contributed by atoms with Crippen LogP contribution in [0.2, 0.25) is 0 Å². The molecule has 1 amide bonds. The minimum Gasteiger partial charge on any atom is -0.370 e. The lowest BCUT2D eigenvalue weighted by molar-refractivity contribution is -0.118. The lowest BCUT2D eigenvalue weighted by Gasteiger charge is -2.37. The first-order valence-electron chi connectivity index (χ1n) is 8.65. The van der Waals surface area contributed by atoms with Gasteiger partial charge in [0.2, 0.25) is 5.91 Å². The SMILES string of the molecule is CC1CC(c2ccc(CN)c3ncccc23)CN(CCC(N)=O)C1. The van der Waals surface area contributed by atoms with Crippen LogP contribution >= 0.6 is 0 Å². The second-order valence-corrected chi connectivity index (χ2v) is 6.93. The monoisotopic (exact) mass is 326 g/mol. The van der Waals surface area contributed by atoms with Gasteiger partial charge >= 0.3 is 0 Å². The number of nitrogens with zero attached hydrogens (tertiary/aromatic N) is 2. The molecular weight excluding hydrogens is 300 g/mol. The van der Waals surface area contributed by atoms with Crippen LogP contribution in [0.5, 0.6) is 0 Å². The highest BCUT2D eigenvalue weighted by atomic mass is 16.1. The number of piperidine rings is 1. The molecule has 24 heavy (non-hydrogen) atoms. The van der Waals surface area contributed by atoms with E-state index >= 15 is 0 Å². The highest BCUT2D eigenvalue weighted by Gasteiger charge is 2.27. The standard InChI is InChI=1S/C19H26N4O/c1-13-9-15(12-23(11-13)8-6-18(21)24)16-5-4-14(10-20)19-17(16)3-2-7-22-19/h2-5,7,13,15H,6,8-12,20H2,1H3,(H2,21,24). The highest BCUT2D eigenvalue weighted by Crippen LogP contribution is 2.34. The Balaban J connectivity index is 1.90. The van der Waals surface area contributed by atoms with E-state index in [0.717, 1.165) is 37.1 Å². The Morgan fingerprint density at radius 1 is 1.33 bits per heavy atom. The second-order valence-electron chi connectivity index (χ2n) is 6.93. The Hall–Kier alpha value is -1.98. The van der Waals surface area contributed by atoms with Crippen LogP contribution in [0.25, 0.3) is 10.9 Å². The molecule has 4 N–H and O–H groups in total. The maximum absolute atomic E-state index is 11.1. The Morgan fingerprint density at radius 3 is 2.92 bits per heavy atom. The number of hydrogen-bond donors (Lipinski definition) is 2. The zero-order chi connectivity index (χ0) is 17.1. The maximum atomic E-state index is 11.1. The fraction of sp³-hybridized carbons (Fsp3) is 0.474. The Morgan fingerprint density at radius 2 is 2.17 bits per heavy atom. The summed E-state index contributed by atoms with van der Waals surface area (Å²) in [6, 6.07) is 8.45. The Bertz CT molecular complexity index is 730. The van der Waals surface area contributed by atoms with Crippen LogP contribution in [-0.4, -0.2) is 35.4 Å². The van der Waals surface area contributed by atoms with Crippen molar-refractivity contribution in [2.24, 2.45) is 17.4 Å². The van der Waals surface area contributed by atoms with Crippen molar-refractivity contribution in [1.29, 1.82) is 0 Å². The van der Waals surface area contributed by atoms with E-state index in [1.54, 1.807) is 0 Å². The topological polar surface area (TPSA) is 85.2 Å². The first-order valence-corrected chi connectivity index (χ1v) is 8.65. The molecule has 128 valence electrons. The van der Waals surface area contributed by atoms with Gasteiger partial charge in [0, 0.05) is 44.2 Å². The predicted octanol–water partition coefficient (Wildman–Crippen LogP) is 1.99. The number of likely N-dealkylation sites (tertiary alicyclic amines) is 1. The van der Waals surface area contributed by atoms with Crippen LogP contribution in [0.15, 0.2) is 30.5 Å². The number of pyridine rings is 1. The number of aromatic nitrogens is 1. The molecule has 1 saturated heterocycles. The summed E-state index contributed by atoms with van der Waals surface area (Å²) in [7, 11) is 0. The number of benzene rings is 1. The molecule has 5 heteroatoms. The molecule has 1 aromatic heterocycles. The molecule has 1 fully saturated rings. The third-order valence-electron chi connectivity index (χ3n) is 4.96. The summed E-state index contributed by atoms with van der Waals surface area (Å²) in [6.07, 6.45) is 3.40. The van der Waals surface area contributed by atoms with Gasteiger partial charge in [-0.1, -0.05) is 25.1 Å². The molecule has 1 aliphatic heterocycles. The number of primary amides is 1. The smallest absolute Gasteiger partial charge is 0.218 e. The van der Waals surface area contributed by atoms with Gasteiger partial charge in [0.1, 0.15) is 0 Å². The average molecular weight is 326 g/mol. The molecule has 2 aromatic rings. The lowest BCUT2D eigenvalue weighted by atomic mass is 9.83. The normalized spacial score (nSPS) is 21.9. The van der Waals surface area contributed by atoms with Gasteiger partial charge in [-0.3, -0.25) is 9.78 Å². The first kappa shape index (κ1) is 16.9. The van der Waals surface area contributed by atoms with Crippen LogP contribution in [0, 0.1) is 5.92 Å². The molecule has 3 rings (SSSR count). The first-order chi connectivity index (χ1) is 11.6. The van der Waals surface area contributed by atoms with Crippen molar-refractivity contribution in [2.45, 2.75) is 32.2 Å². The summed E-state index contributed by atoms with van der Waals surface area (Å²) < 4.78 is 0. The number of rotatable bonds is 5. The van der Waals surface area contributed by atoms with Gasteiger partial charge in [-0.15, -0.1) is 0 Å². The van der Waals surface area contributed by atoms with Crippen LogP contribution < -0.4 is 11.5 Å². The van der Waals surface area contributed by atoms with E-state index in [9.17, 15) is 4.79 Å². The molecule has 2 heterocycles. The predicted molar refractivity (Wildman–Crippen MR) is 96.4 cm³/mol. The van der Waals surface area contributed by atoms with Crippen molar-refractivity contribution in [3.8, 4) is 0 Å². The summed E-state index contributed by atoms with van der Waals surface area (Å²) in [5, 5.41) is 1.20. The van der Waals surface area contributed by atoms with Crippen LogP contribution in [0.1, 0.15) is 36.8 Å². The summed E-state index contributed by atoms with van der Waals surface area (Å²) in [6.45, 7) is 5.51. The molecule has 0 aliphatic carbocycles. The molecule has 5 nitrogen and oxygen atoms in total. The fourth-order valence-corrected chi connectivity index (χ4v) is 3.91. The van der Waals surface area contributed by atoms with Gasteiger partial charge in [-0.2, -0.15) is 0 Å². The maximum Gasteiger partial charge on any atom is 0.218 e. The second kappa shape index (κ2) is 7.28. The van der Waals surface area contributed by atoms with Crippen LogP contribution in [0.3, 0.4) is 0 Å². The molecule has 2 atom stereocenters. The summed E-state index contributed by atoms with van der Waals surface area (Å²) in [5.74, 6) is 0.810. The number of carbonyl (C=O) groups excluding carboxylic acids is 1. The van der Waals surface area contributed by atoms with Gasteiger partial charge in [0.25, 0.3) is 0 Å². The minimum absolute atomic E-state index is 0.230. The van der Waals surface area contributed by atoms with Gasteiger partial charge in [0.05, 0.1) is 5.52 Å². The largest absolute Gasteiger partial charge is 0.370 e. The van der Waals surface area contributed by atoms with Crippen LogP contribution in [0.4, 0.5) is 0 Å². The zero-order valence-corrected chi connectivity index (χ0v) is 14.2. The molecule has 2 unspecified atom stereocenters. The van der Waals surface area contributed by atoms with E-state index < -0.39 is 0 Å². The molecule has 0 spiro atoms. The van der Waals surface area contributed by atoms with Gasteiger partial charge in [-0.05, 0) is 35.4 Å². The lowest BCUT2D eigenvalue weighted by Crippen LogP contribution is -2.40. The van der Waals surface area contributed by atoms with Crippen molar-refractivity contribution >= 4 is 16.8 Å². The number of amides is 1. The number of fused-ring (bicyclic) bond motifs is 1. The van der Waals surface area contributed by atoms with Crippen molar-refractivity contribution in [3.63, 3.8) is 0 Å². The number of hydrogen-bond acceptors (Lipinski definition) is 4. The molecule has 0 saturated carbocycles. The molecule has 1 aliphatic rings. The third kappa shape index (κ3) is 3.57. The molecule has 1 aromatic carbocycles. The zero-order valence-electron chi connectivity index (χ0n) is 14.2. The van der Waals surface area contributed by atoms with Crippen molar-refractivity contribution < 1.29 is 4.79 Å². The fourth-order valence-electron chi connectivity index (χ4n) is 3.91. The van der Waals surface area contributed by atoms with E-state index in [1.807, 2.05) is 12.3 Å². The minimum atomic E-state index is -0.230. The van der Waals surface area contributed by atoms with Crippen molar-refractivity contribution in [1.82, 2.24) is 9.88 Å². The Labute approximate surface area is 143 Å². The van der Waals surface area contributed by atoms with Gasteiger partial charge in [-0.25, -0.2) is 0 Å². The summed E-state index contributed by atoms with van der Waals surface area (Å²) >= 11 is 0. The third-order valence-corrected chi connectivity index (χ3v) is 4.96. The number of nitrogens with two attached hydrogens (primary N) is 2. The van der Waals surface area contributed by atoms with E-state index in [0.29, 0.717) is 24.8 Å². The van der Waals surface area contributed by atoms with Gasteiger partial charge < -0.3 is 16.4 Å². The molecule has 0 radical (unpaired) electrons.